The van der Waals surface area contributed by atoms with Crippen LogP contribution in [-0.4, -0.2) is 4.98 Å². The Bertz CT molecular complexity index is 563. The first-order valence-corrected chi connectivity index (χ1v) is 5.25. The van der Waals surface area contributed by atoms with E-state index in [1.54, 1.807) is 0 Å². The summed E-state index contributed by atoms with van der Waals surface area (Å²) in [6, 6.07) is 5.76. The van der Waals surface area contributed by atoms with Crippen LogP contribution in [0.25, 0.3) is 11.1 Å². The van der Waals surface area contributed by atoms with Crippen molar-refractivity contribution in [2.45, 2.75) is 6.18 Å². The van der Waals surface area contributed by atoms with Crippen molar-refractivity contribution in [2.24, 2.45) is 0 Å². The first-order chi connectivity index (χ1) is 8.39. The number of alkyl halides is 3. The van der Waals surface area contributed by atoms with Crippen molar-refractivity contribution >= 4 is 11.6 Å². The van der Waals surface area contributed by atoms with Gasteiger partial charge in [0.1, 0.15) is 5.02 Å². The molecule has 0 amide bonds. The highest BCUT2D eigenvalue weighted by Crippen LogP contribution is 2.33. The fourth-order valence-electron chi connectivity index (χ4n) is 1.48. The molecule has 1 aromatic carbocycles. The van der Waals surface area contributed by atoms with Gasteiger partial charge in [0.05, 0.1) is 5.56 Å². The molecule has 0 N–H and O–H groups in total. The van der Waals surface area contributed by atoms with E-state index in [1.807, 2.05) is 0 Å². The first kappa shape index (κ1) is 12.8. The van der Waals surface area contributed by atoms with Gasteiger partial charge in [-0.05, 0) is 23.8 Å². The second-order valence-electron chi connectivity index (χ2n) is 3.54. The number of benzene rings is 1. The van der Waals surface area contributed by atoms with Gasteiger partial charge in [-0.1, -0.05) is 23.7 Å². The molecule has 0 aliphatic heterocycles. The van der Waals surface area contributed by atoms with Crippen LogP contribution in [-0.2, 0) is 6.18 Å². The fraction of sp³-hybridized carbons (Fsp3) is 0.0833. The van der Waals surface area contributed by atoms with Crippen LogP contribution in [0.2, 0.25) is 5.02 Å². The largest absolute Gasteiger partial charge is 0.416 e. The predicted molar refractivity (Wildman–Crippen MR) is 59.6 cm³/mol. The van der Waals surface area contributed by atoms with Gasteiger partial charge in [0.25, 0.3) is 0 Å². The van der Waals surface area contributed by atoms with E-state index in [4.69, 9.17) is 11.6 Å². The lowest BCUT2D eigenvalue weighted by Gasteiger charge is -2.08. The van der Waals surface area contributed by atoms with Crippen molar-refractivity contribution in [3.8, 4) is 11.1 Å². The summed E-state index contributed by atoms with van der Waals surface area (Å²) in [7, 11) is 0. The van der Waals surface area contributed by atoms with Crippen molar-refractivity contribution in [3.63, 3.8) is 0 Å². The minimum Gasteiger partial charge on any atom is -0.227 e. The summed E-state index contributed by atoms with van der Waals surface area (Å²) >= 11 is 5.70. The van der Waals surface area contributed by atoms with E-state index in [-0.39, 0.29) is 5.02 Å². The number of nitrogens with zero attached hydrogens (tertiary/aromatic N) is 1. The molecule has 2 rings (SSSR count). The average Bonchev–Trinajstić information content (AvgIpc) is 2.32. The zero-order chi connectivity index (χ0) is 13.3. The Hall–Kier alpha value is -1.62. The van der Waals surface area contributed by atoms with Crippen LogP contribution in [0.15, 0.2) is 36.5 Å². The molecule has 0 spiro atoms. The predicted octanol–water partition coefficient (Wildman–Crippen LogP) is 4.56. The molecule has 0 radical (unpaired) electrons. The Balaban J connectivity index is 2.44. The molecular weight excluding hydrogens is 270 g/mol. The number of halogens is 5. The monoisotopic (exact) mass is 275 g/mol. The second kappa shape index (κ2) is 4.57. The van der Waals surface area contributed by atoms with Crippen LogP contribution in [0.1, 0.15) is 5.56 Å². The Morgan fingerprint density at radius 2 is 1.61 bits per heavy atom. The molecule has 0 saturated carbocycles. The third-order valence-electron chi connectivity index (χ3n) is 2.37. The standard InChI is InChI=1S/C12H6ClF4N/c13-10-9(5-6-18-11(10)14)7-1-3-8(4-2-7)12(15,16)17/h1-6H. The van der Waals surface area contributed by atoms with E-state index in [1.165, 1.54) is 24.4 Å². The maximum absolute atomic E-state index is 13.1. The molecule has 18 heavy (non-hydrogen) atoms. The third-order valence-corrected chi connectivity index (χ3v) is 2.73. The zero-order valence-corrected chi connectivity index (χ0v) is 9.56. The summed E-state index contributed by atoms with van der Waals surface area (Å²) in [5, 5.41) is -0.211. The van der Waals surface area contributed by atoms with E-state index in [2.05, 4.69) is 4.98 Å². The number of aromatic nitrogens is 1. The van der Waals surface area contributed by atoms with Gasteiger partial charge >= 0.3 is 6.18 Å². The van der Waals surface area contributed by atoms with Crippen LogP contribution in [0.4, 0.5) is 17.6 Å². The van der Waals surface area contributed by atoms with Crippen molar-refractivity contribution in [1.82, 2.24) is 4.98 Å². The molecule has 2 aromatic rings. The summed E-state index contributed by atoms with van der Waals surface area (Å²) in [6.07, 6.45) is -3.19. The lowest BCUT2D eigenvalue weighted by atomic mass is 10.0. The zero-order valence-electron chi connectivity index (χ0n) is 8.80. The molecule has 0 saturated heterocycles. The highest BCUT2D eigenvalue weighted by atomic mass is 35.5. The summed E-state index contributed by atoms with van der Waals surface area (Å²) in [5.74, 6) is -0.853. The summed E-state index contributed by atoms with van der Waals surface area (Å²) < 4.78 is 50.2. The van der Waals surface area contributed by atoms with Crippen LogP contribution < -0.4 is 0 Å². The summed E-state index contributed by atoms with van der Waals surface area (Å²) in [4.78, 5) is 3.34. The molecule has 0 aliphatic rings. The van der Waals surface area contributed by atoms with Crippen molar-refractivity contribution < 1.29 is 17.6 Å². The minimum absolute atomic E-state index is 0.211. The number of hydrogen-bond acceptors (Lipinski definition) is 1. The first-order valence-electron chi connectivity index (χ1n) is 4.87. The molecule has 0 unspecified atom stereocenters. The van der Waals surface area contributed by atoms with Crippen LogP contribution >= 0.6 is 11.6 Å². The SMILES string of the molecule is Fc1nccc(-c2ccc(C(F)(F)F)cc2)c1Cl. The van der Waals surface area contributed by atoms with Gasteiger partial charge in [0, 0.05) is 11.8 Å². The van der Waals surface area contributed by atoms with E-state index < -0.39 is 17.7 Å². The van der Waals surface area contributed by atoms with E-state index in [9.17, 15) is 17.6 Å². The Morgan fingerprint density at radius 3 is 2.17 bits per heavy atom. The highest BCUT2D eigenvalue weighted by Gasteiger charge is 2.30. The smallest absolute Gasteiger partial charge is 0.227 e. The molecular formula is C12H6ClF4N. The molecule has 1 heterocycles. The topological polar surface area (TPSA) is 12.9 Å². The minimum atomic E-state index is -4.40. The maximum Gasteiger partial charge on any atom is 0.416 e. The molecule has 0 atom stereocenters. The lowest BCUT2D eigenvalue weighted by molar-refractivity contribution is -0.137. The van der Waals surface area contributed by atoms with Crippen LogP contribution in [0, 0.1) is 5.95 Å². The Kier molecular flexibility index (Phi) is 3.26. The molecule has 0 aliphatic carbocycles. The Morgan fingerprint density at radius 1 is 1.00 bits per heavy atom. The van der Waals surface area contributed by atoms with Gasteiger partial charge in [-0.15, -0.1) is 0 Å². The highest BCUT2D eigenvalue weighted by molar-refractivity contribution is 6.33. The van der Waals surface area contributed by atoms with Gasteiger partial charge in [-0.2, -0.15) is 17.6 Å². The quantitative estimate of drug-likeness (QED) is 0.549. The molecule has 94 valence electrons. The molecule has 1 aromatic heterocycles. The summed E-state index contributed by atoms with van der Waals surface area (Å²) in [6.45, 7) is 0. The fourth-order valence-corrected chi connectivity index (χ4v) is 1.70. The van der Waals surface area contributed by atoms with Crippen LogP contribution in [0.5, 0.6) is 0 Å². The van der Waals surface area contributed by atoms with Crippen molar-refractivity contribution in [1.29, 1.82) is 0 Å². The molecule has 0 bridgehead atoms. The Labute approximate surface area is 105 Å². The van der Waals surface area contributed by atoms with E-state index in [0.717, 1.165) is 12.1 Å². The maximum atomic E-state index is 13.1. The second-order valence-corrected chi connectivity index (χ2v) is 3.92. The van der Waals surface area contributed by atoms with Gasteiger partial charge in [0.15, 0.2) is 0 Å². The molecule has 6 heteroatoms. The normalized spacial score (nSPS) is 11.6. The lowest BCUT2D eigenvalue weighted by Crippen LogP contribution is -2.04. The van der Waals surface area contributed by atoms with Gasteiger partial charge < -0.3 is 0 Å². The van der Waals surface area contributed by atoms with Crippen molar-refractivity contribution in [2.75, 3.05) is 0 Å². The van der Waals surface area contributed by atoms with Crippen molar-refractivity contribution in [3.05, 3.63) is 53.1 Å². The van der Waals surface area contributed by atoms with E-state index in [0.29, 0.717) is 11.1 Å². The molecule has 0 fully saturated rings. The van der Waals surface area contributed by atoms with Gasteiger partial charge in [-0.3, -0.25) is 0 Å². The number of rotatable bonds is 1. The summed E-state index contributed by atoms with van der Waals surface area (Å²) in [5.41, 5.74) is -0.0657. The van der Waals surface area contributed by atoms with Crippen LogP contribution in [0.3, 0.4) is 0 Å². The average molecular weight is 276 g/mol. The number of hydrogen-bond donors (Lipinski definition) is 0. The molecule has 1 nitrogen and oxygen atoms in total. The number of pyridine rings is 1. The van der Waals surface area contributed by atoms with Gasteiger partial charge in [0.2, 0.25) is 5.95 Å². The van der Waals surface area contributed by atoms with Gasteiger partial charge in [-0.25, -0.2) is 4.98 Å². The third kappa shape index (κ3) is 2.46. The van der Waals surface area contributed by atoms with E-state index >= 15 is 0 Å².